The van der Waals surface area contributed by atoms with E-state index >= 15 is 0 Å². The van der Waals surface area contributed by atoms with E-state index in [-0.39, 0.29) is 5.60 Å². The van der Waals surface area contributed by atoms with Gasteiger partial charge < -0.3 is 10.1 Å². The molecule has 1 saturated carbocycles. The summed E-state index contributed by atoms with van der Waals surface area (Å²) >= 11 is 0. The van der Waals surface area contributed by atoms with E-state index in [1.54, 1.807) is 0 Å². The summed E-state index contributed by atoms with van der Waals surface area (Å²) in [5.74, 6) is 0. The first-order valence-electron chi connectivity index (χ1n) is 7.60. The van der Waals surface area contributed by atoms with Gasteiger partial charge in [-0.3, -0.25) is 4.98 Å². The molecule has 104 valence electrons. The maximum absolute atomic E-state index is 6.31. The highest BCUT2D eigenvalue weighted by molar-refractivity contribution is 5.07. The molecule has 1 aliphatic heterocycles. The fourth-order valence-corrected chi connectivity index (χ4v) is 3.47. The molecule has 3 rings (SSSR count). The van der Waals surface area contributed by atoms with Crippen molar-refractivity contribution in [3.8, 4) is 0 Å². The van der Waals surface area contributed by atoms with Gasteiger partial charge in [0.15, 0.2) is 0 Å². The van der Waals surface area contributed by atoms with E-state index in [0.717, 1.165) is 12.2 Å². The number of hydrogen-bond acceptors (Lipinski definition) is 3. The fourth-order valence-electron chi connectivity index (χ4n) is 3.47. The predicted molar refractivity (Wildman–Crippen MR) is 76.0 cm³/mol. The van der Waals surface area contributed by atoms with Crippen LogP contribution < -0.4 is 5.32 Å². The highest BCUT2D eigenvalue weighted by Gasteiger charge is 2.41. The second-order valence-electron chi connectivity index (χ2n) is 6.05. The van der Waals surface area contributed by atoms with Crippen molar-refractivity contribution in [1.29, 1.82) is 0 Å². The van der Waals surface area contributed by atoms with Crippen LogP contribution in [0.25, 0.3) is 0 Å². The van der Waals surface area contributed by atoms with E-state index in [1.165, 1.54) is 38.5 Å². The monoisotopic (exact) mass is 260 g/mol. The van der Waals surface area contributed by atoms with Crippen LogP contribution in [0, 0.1) is 0 Å². The summed E-state index contributed by atoms with van der Waals surface area (Å²) in [6, 6.07) is 6.37. The van der Waals surface area contributed by atoms with Gasteiger partial charge in [0.2, 0.25) is 0 Å². The van der Waals surface area contributed by atoms with Gasteiger partial charge in [0.25, 0.3) is 0 Å². The van der Waals surface area contributed by atoms with Crippen LogP contribution in [0.5, 0.6) is 0 Å². The Balaban J connectivity index is 1.48. The van der Waals surface area contributed by atoms with Crippen LogP contribution in [0.1, 0.15) is 57.2 Å². The zero-order valence-electron chi connectivity index (χ0n) is 11.8. The molecule has 0 bridgehead atoms. The molecule has 0 aromatic carbocycles. The number of rotatable bonds is 4. The third kappa shape index (κ3) is 2.98. The molecule has 1 aliphatic carbocycles. The van der Waals surface area contributed by atoms with Crippen molar-refractivity contribution in [2.75, 3.05) is 6.54 Å². The maximum Gasteiger partial charge on any atom is 0.0708 e. The molecule has 1 aromatic rings. The summed E-state index contributed by atoms with van der Waals surface area (Å²) < 4.78 is 6.31. The molecular weight excluding hydrogens is 236 g/mol. The lowest BCUT2D eigenvalue weighted by Gasteiger charge is -2.24. The number of nitrogens with one attached hydrogen (secondary N) is 1. The number of nitrogens with zero attached hydrogens (tertiary/aromatic N) is 1. The van der Waals surface area contributed by atoms with Crippen molar-refractivity contribution in [3.63, 3.8) is 0 Å². The van der Waals surface area contributed by atoms with E-state index in [1.807, 2.05) is 18.3 Å². The largest absolute Gasteiger partial charge is 0.370 e. The minimum Gasteiger partial charge on any atom is -0.370 e. The molecule has 1 unspecified atom stereocenters. The molecule has 1 spiro atoms. The Morgan fingerprint density at radius 2 is 2.21 bits per heavy atom. The standard InChI is InChI=1S/C16H24N2O/c1-13(15-6-2-5-11-17-15)18-12-14-7-10-16(19-14)8-3-4-9-16/h2,5-6,11,13-14,18H,3-4,7-10,12H2,1H3/t13-,14?/m1/s1. The Hall–Kier alpha value is -0.930. The van der Waals surface area contributed by atoms with Crippen molar-refractivity contribution in [2.45, 2.75) is 63.2 Å². The van der Waals surface area contributed by atoms with Crippen LogP contribution in [0.15, 0.2) is 24.4 Å². The molecular formula is C16H24N2O. The van der Waals surface area contributed by atoms with Crippen LogP contribution in [0.3, 0.4) is 0 Å². The highest BCUT2D eigenvalue weighted by Crippen LogP contribution is 2.43. The topological polar surface area (TPSA) is 34.1 Å². The van der Waals surface area contributed by atoms with Gasteiger partial charge in [-0.25, -0.2) is 0 Å². The first-order chi connectivity index (χ1) is 9.27. The number of aromatic nitrogens is 1. The van der Waals surface area contributed by atoms with Crippen molar-refractivity contribution in [3.05, 3.63) is 30.1 Å². The van der Waals surface area contributed by atoms with Gasteiger partial charge in [0.1, 0.15) is 0 Å². The summed E-state index contributed by atoms with van der Waals surface area (Å²) in [6.07, 6.45) is 9.98. The lowest BCUT2D eigenvalue weighted by molar-refractivity contribution is -0.0358. The summed E-state index contributed by atoms with van der Waals surface area (Å²) in [5, 5.41) is 3.56. The fraction of sp³-hybridized carbons (Fsp3) is 0.688. The summed E-state index contributed by atoms with van der Waals surface area (Å²) in [5.41, 5.74) is 1.36. The Morgan fingerprint density at radius 3 is 2.95 bits per heavy atom. The minimum absolute atomic E-state index is 0.251. The Labute approximate surface area is 115 Å². The lowest BCUT2D eigenvalue weighted by Crippen LogP contribution is -2.32. The molecule has 2 heterocycles. The first kappa shape index (κ1) is 13.1. The van der Waals surface area contributed by atoms with E-state index in [9.17, 15) is 0 Å². The lowest BCUT2D eigenvalue weighted by atomic mass is 9.98. The zero-order valence-corrected chi connectivity index (χ0v) is 11.8. The third-order valence-electron chi connectivity index (χ3n) is 4.64. The van der Waals surface area contributed by atoms with Crippen molar-refractivity contribution in [1.82, 2.24) is 10.3 Å². The first-order valence-corrected chi connectivity index (χ1v) is 7.60. The van der Waals surface area contributed by atoms with Gasteiger partial charge in [-0.05, 0) is 44.7 Å². The molecule has 1 N–H and O–H groups in total. The molecule has 2 fully saturated rings. The van der Waals surface area contributed by atoms with Crippen molar-refractivity contribution >= 4 is 0 Å². The number of pyridine rings is 1. The molecule has 19 heavy (non-hydrogen) atoms. The second kappa shape index (κ2) is 5.59. The van der Waals surface area contributed by atoms with Crippen LogP contribution in [-0.2, 0) is 4.74 Å². The van der Waals surface area contributed by atoms with Crippen LogP contribution in [0.2, 0.25) is 0 Å². The average molecular weight is 260 g/mol. The molecule has 2 aliphatic rings. The van der Waals surface area contributed by atoms with Gasteiger partial charge in [0.05, 0.1) is 17.4 Å². The normalized spacial score (nSPS) is 26.9. The second-order valence-corrected chi connectivity index (χ2v) is 6.05. The molecule has 0 radical (unpaired) electrons. The average Bonchev–Trinajstić information content (AvgIpc) is 3.08. The number of hydrogen-bond donors (Lipinski definition) is 1. The smallest absolute Gasteiger partial charge is 0.0708 e. The number of ether oxygens (including phenoxy) is 1. The Kier molecular flexibility index (Phi) is 3.85. The molecule has 1 saturated heterocycles. The van der Waals surface area contributed by atoms with Gasteiger partial charge in [-0.1, -0.05) is 18.9 Å². The highest BCUT2D eigenvalue weighted by atomic mass is 16.5. The van der Waals surface area contributed by atoms with Crippen LogP contribution in [0.4, 0.5) is 0 Å². The summed E-state index contributed by atoms with van der Waals surface area (Å²) in [7, 11) is 0. The minimum atomic E-state index is 0.251. The SMILES string of the molecule is C[C@@H](NCC1CCC2(CCCC2)O1)c1ccccn1. The quantitative estimate of drug-likeness (QED) is 0.902. The third-order valence-corrected chi connectivity index (χ3v) is 4.64. The van der Waals surface area contributed by atoms with Gasteiger partial charge in [-0.15, -0.1) is 0 Å². The molecule has 2 atom stereocenters. The Morgan fingerprint density at radius 1 is 1.37 bits per heavy atom. The van der Waals surface area contributed by atoms with E-state index in [2.05, 4.69) is 23.3 Å². The maximum atomic E-state index is 6.31. The van der Waals surface area contributed by atoms with Crippen LogP contribution >= 0.6 is 0 Å². The van der Waals surface area contributed by atoms with Crippen molar-refractivity contribution < 1.29 is 4.74 Å². The van der Waals surface area contributed by atoms with E-state index in [4.69, 9.17) is 4.74 Å². The van der Waals surface area contributed by atoms with Gasteiger partial charge in [0, 0.05) is 18.8 Å². The zero-order chi connectivity index (χ0) is 13.1. The van der Waals surface area contributed by atoms with Gasteiger partial charge >= 0.3 is 0 Å². The van der Waals surface area contributed by atoms with Crippen LogP contribution in [-0.4, -0.2) is 23.2 Å². The van der Waals surface area contributed by atoms with E-state index in [0.29, 0.717) is 12.1 Å². The van der Waals surface area contributed by atoms with E-state index < -0.39 is 0 Å². The molecule has 3 nitrogen and oxygen atoms in total. The van der Waals surface area contributed by atoms with Gasteiger partial charge in [-0.2, -0.15) is 0 Å². The predicted octanol–water partition coefficient (Wildman–Crippen LogP) is 3.22. The molecule has 1 aromatic heterocycles. The molecule has 0 amide bonds. The van der Waals surface area contributed by atoms with Crippen molar-refractivity contribution in [2.24, 2.45) is 0 Å². The molecule has 3 heteroatoms. The Bertz CT molecular complexity index is 400. The summed E-state index contributed by atoms with van der Waals surface area (Å²) in [6.45, 7) is 3.11. The summed E-state index contributed by atoms with van der Waals surface area (Å²) in [4.78, 5) is 4.39.